The van der Waals surface area contributed by atoms with Gasteiger partial charge in [-0.1, -0.05) is 0 Å². The van der Waals surface area contributed by atoms with Gasteiger partial charge in [0.1, 0.15) is 5.82 Å². The number of aromatic nitrogens is 2. The van der Waals surface area contributed by atoms with E-state index < -0.39 is 0 Å². The fourth-order valence-electron chi connectivity index (χ4n) is 1.27. The number of hydrogen-bond donors (Lipinski definition) is 3. The van der Waals surface area contributed by atoms with E-state index in [2.05, 4.69) is 30.9 Å². The predicted octanol–water partition coefficient (Wildman–Crippen LogP) is -0.745. The number of nitriles is 1. The molecule has 0 aromatic carbocycles. The third-order valence-electron chi connectivity index (χ3n) is 2.11. The van der Waals surface area contributed by atoms with Crippen molar-refractivity contribution in [3.8, 4) is 6.19 Å². The second-order valence-electron chi connectivity index (χ2n) is 3.38. The Balaban J connectivity index is 2.10. The Labute approximate surface area is 106 Å². The van der Waals surface area contributed by atoms with Gasteiger partial charge in [-0.25, -0.2) is 9.97 Å². The molecule has 0 spiro atoms. The van der Waals surface area contributed by atoms with Gasteiger partial charge in [-0.05, 0) is 6.07 Å². The second kappa shape index (κ2) is 8.90. The van der Waals surface area contributed by atoms with Crippen molar-refractivity contribution >= 4 is 5.96 Å². The molecule has 7 nitrogen and oxygen atoms in total. The number of hydrogen-bond acceptors (Lipinski definition) is 5. The largest absolute Gasteiger partial charge is 0.359 e. The number of guanidine groups is 1. The maximum absolute atomic E-state index is 8.42. The number of rotatable bonds is 6. The summed E-state index contributed by atoms with van der Waals surface area (Å²) in [5.74, 6) is 1.31. The van der Waals surface area contributed by atoms with Crippen LogP contribution in [0.15, 0.2) is 23.5 Å². The fraction of sp³-hybridized carbons (Fsp3) is 0.455. The topological polar surface area (TPSA) is 98.0 Å². The van der Waals surface area contributed by atoms with Crippen LogP contribution in [-0.2, 0) is 6.42 Å². The minimum atomic E-state index is 0.477. The average molecular weight is 247 g/mol. The van der Waals surface area contributed by atoms with E-state index in [0.29, 0.717) is 12.5 Å². The van der Waals surface area contributed by atoms with Crippen LogP contribution in [0.1, 0.15) is 5.82 Å². The van der Waals surface area contributed by atoms with Gasteiger partial charge in [-0.2, -0.15) is 5.26 Å². The zero-order chi connectivity index (χ0) is 13.1. The summed E-state index contributed by atoms with van der Waals surface area (Å²) in [5, 5.41) is 16.9. The van der Waals surface area contributed by atoms with Crippen LogP contribution in [0.5, 0.6) is 0 Å². The Hall–Kier alpha value is -2.20. The first-order valence-electron chi connectivity index (χ1n) is 5.70. The van der Waals surface area contributed by atoms with Gasteiger partial charge >= 0.3 is 0 Å². The van der Waals surface area contributed by atoms with Crippen molar-refractivity contribution in [2.24, 2.45) is 4.99 Å². The molecule has 0 atom stereocenters. The van der Waals surface area contributed by atoms with Crippen LogP contribution in [0.2, 0.25) is 0 Å². The van der Waals surface area contributed by atoms with E-state index in [0.717, 1.165) is 25.3 Å². The highest BCUT2D eigenvalue weighted by Gasteiger charge is 1.94. The van der Waals surface area contributed by atoms with Crippen molar-refractivity contribution in [3.05, 3.63) is 24.3 Å². The summed E-state index contributed by atoms with van der Waals surface area (Å²) in [5.41, 5.74) is 0. The minimum Gasteiger partial charge on any atom is -0.359 e. The highest BCUT2D eigenvalue weighted by atomic mass is 15.2. The molecule has 0 aliphatic carbocycles. The maximum Gasteiger partial charge on any atom is 0.204 e. The highest BCUT2D eigenvalue weighted by molar-refractivity contribution is 5.80. The first kappa shape index (κ1) is 13.9. The predicted molar refractivity (Wildman–Crippen MR) is 68.7 cm³/mol. The normalized spacial score (nSPS) is 10.8. The first-order chi connectivity index (χ1) is 8.86. The molecule has 0 saturated carbocycles. The van der Waals surface area contributed by atoms with Gasteiger partial charge in [0.2, 0.25) is 5.96 Å². The van der Waals surface area contributed by atoms with Gasteiger partial charge in [-0.15, -0.1) is 0 Å². The van der Waals surface area contributed by atoms with Crippen LogP contribution in [0, 0.1) is 11.5 Å². The molecule has 0 bridgehead atoms. The van der Waals surface area contributed by atoms with Gasteiger partial charge in [0.05, 0.1) is 6.54 Å². The molecule has 1 heterocycles. The van der Waals surface area contributed by atoms with Gasteiger partial charge < -0.3 is 10.6 Å². The molecule has 0 aliphatic rings. The lowest BCUT2D eigenvalue weighted by atomic mass is 10.4. The van der Waals surface area contributed by atoms with Crippen molar-refractivity contribution in [1.29, 1.82) is 5.26 Å². The lowest BCUT2D eigenvalue weighted by Crippen LogP contribution is -2.32. The van der Waals surface area contributed by atoms with Crippen molar-refractivity contribution in [2.75, 3.05) is 26.7 Å². The van der Waals surface area contributed by atoms with E-state index in [1.165, 1.54) is 0 Å². The molecule has 18 heavy (non-hydrogen) atoms. The molecule has 0 unspecified atom stereocenters. The van der Waals surface area contributed by atoms with Crippen molar-refractivity contribution < 1.29 is 0 Å². The highest BCUT2D eigenvalue weighted by Crippen LogP contribution is 1.87. The third-order valence-corrected chi connectivity index (χ3v) is 2.11. The monoisotopic (exact) mass is 247 g/mol. The molecule has 0 aliphatic heterocycles. The molecular weight excluding hydrogens is 230 g/mol. The number of nitrogens with one attached hydrogen (secondary N) is 3. The summed E-state index contributed by atoms with van der Waals surface area (Å²) >= 11 is 0. The molecular formula is C11H17N7. The van der Waals surface area contributed by atoms with Crippen molar-refractivity contribution in [2.45, 2.75) is 6.42 Å². The van der Waals surface area contributed by atoms with Crippen LogP contribution in [-0.4, -0.2) is 42.6 Å². The molecule has 1 rings (SSSR count). The average Bonchev–Trinajstić information content (AvgIpc) is 2.42. The maximum atomic E-state index is 8.42. The zero-order valence-electron chi connectivity index (χ0n) is 10.3. The van der Waals surface area contributed by atoms with Crippen molar-refractivity contribution in [3.63, 3.8) is 0 Å². The summed E-state index contributed by atoms with van der Waals surface area (Å²) in [6.45, 7) is 2.14. The molecule has 0 fully saturated rings. The smallest absolute Gasteiger partial charge is 0.204 e. The van der Waals surface area contributed by atoms with E-state index in [4.69, 9.17) is 5.26 Å². The van der Waals surface area contributed by atoms with Crippen LogP contribution in [0.3, 0.4) is 0 Å². The van der Waals surface area contributed by atoms with Crippen LogP contribution >= 0.6 is 0 Å². The Morgan fingerprint density at radius 3 is 2.83 bits per heavy atom. The van der Waals surface area contributed by atoms with E-state index in [1.807, 2.05) is 6.19 Å². The van der Waals surface area contributed by atoms with E-state index in [-0.39, 0.29) is 0 Å². The van der Waals surface area contributed by atoms with E-state index in [9.17, 15) is 0 Å². The number of nitrogens with zero attached hydrogens (tertiary/aromatic N) is 4. The van der Waals surface area contributed by atoms with Gasteiger partial charge in [-0.3, -0.25) is 10.3 Å². The molecule has 0 amide bonds. The second-order valence-corrected chi connectivity index (χ2v) is 3.38. The fourth-order valence-corrected chi connectivity index (χ4v) is 1.27. The zero-order valence-corrected chi connectivity index (χ0v) is 10.3. The van der Waals surface area contributed by atoms with Crippen LogP contribution in [0.4, 0.5) is 0 Å². The van der Waals surface area contributed by atoms with Crippen LogP contribution < -0.4 is 16.0 Å². The molecule has 0 radical (unpaired) electrons. The molecule has 0 saturated heterocycles. The summed E-state index contributed by atoms with van der Waals surface area (Å²) in [6.07, 6.45) is 6.07. The minimum absolute atomic E-state index is 0.477. The Kier molecular flexibility index (Phi) is 6.85. The third kappa shape index (κ3) is 5.77. The van der Waals surface area contributed by atoms with Crippen molar-refractivity contribution in [1.82, 2.24) is 25.9 Å². The molecule has 1 aromatic rings. The molecule has 3 N–H and O–H groups in total. The molecule has 96 valence electrons. The standard InChI is InChI=1S/C11H17N7/c1-13-11(18-9-12)17-8-7-14-6-3-10-15-4-2-5-16-10/h2,4-5,14H,3,6-8H2,1H3,(H2,13,17,18). The Morgan fingerprint density at radius 2 is 2.17 bits per heavy atom. The lowest BCUT2D eigenvalue weighted by molar-refractivity contribution is 0.672. The number of aliphatic imine (C=N–C) groups is 1. The van der Waals surface area contributed by atoms with Gasteiger partial charge in [0.25, 0.3) is 0 Å². The molecule has 7 heteroatoms. The van der Waals surface area contributed by atoms with Crippen LogP contribution in [0.25, 0.3) is 0 Å². The summed E-state index contributed by atoms with van der Waals surface area (Å²) in [7, 11) is 1.71. The summed E-state index contributed by atoms with van der Waals surface area (Å²) < 4.78 is 0. The first-order valence-corrected chi connectivity index (χ1v) is 5.70. The quantitative estimate of drug-likeness (QED) is 0.201. The Bertz CT molecular complexity index is 396. The Morgan fingerprint density at radius 1 is 1.39 bits per heavy atom. The van der Waals surface area contributed by atoms with Gasteiger partial charge in [0, 0.05) is 39.0 Å². The van der Waals surface area contributed by atoms with E-state index in [1.54, 1.807) is 25.5 Å². The lowest BCUT2D eigenvalue weighted by Gasteiger charge is -2.04. The van der Waals surface area contributed by atoms with Gasteiger partial charge in [0.15, 0.2) is 6.19 Å². The molecule has 1 aromatic heterocycles. The summed E-state index contributed by atoms with van der Waals surface area (Å²) in [4.78, 5) is 12.4. The SMILES string of the molecule is CNC(=NCCNCCc1ncccn1)NC#N. The summed E-state index contributed by atoms with van der Waals surface area (Å²) in [6, 6.07) is 1.80. The van der Waals surface area contributed by atoms with E-state index >= 15 is 0 Å².